The van der Waals surface area contributed by atoms with Gasteiger partial charge in [0.15, 0.2) is 0 Å². The predicted octanol–water partition coefficient (Wildman–Crippen LogP) is 0.991. The van der Waals surface area contributed by atoms with Crippen molar-refractivity contribution in [3.8, 4) is 0 Å². The van der Waals surface area contributed by atoms with E-state index >= 15 is 0 Å². The Morgan fingerprint density at radius 2 is 1.90 bits per heavy atom. The minimum absolute atomic E-state index is 0.0250. The highest BCUT2D eigenvalue weighted by atomic mass is 16.5. The molecule has 0 radical (unpaired) electrons. The fourth-order valence-corrected chi connectivity index (χ4v) is 3.26. The van der Waals surface area contributed by atoms with Crippen LogP contribution in [0.3, 0.4) is 0 Å². The number of Topliss-reactive ketones (excluding diaryl/α,β-unsaturated/α-hetero) is 1. The van der Waals surface area contributed by atoms with E-state index in [1.807, 2.05) is 6.07 Å². The summed E-state index contributed by atoms with van der Waals surface area (Å²) in [5.74, 6) is -2.70. The Hall–Kier alpha value is -2.94. The number of aliphatic hydroxyl groups is 1. The first-order chi connectivity index (χ1) is 13.8. The Bertz CT molecular complexity index is 736. The van der Waals surface area contributed by atoms with Crippen LogP contribution in [0.15, 0.2) is 30.3 Å². The second-order valence-electron chi connectivity index (χ2n) is 7.14. The van der Waals surface area contributed by atoms with E-state index in [0.29, 0.717) is 19.3 Å². The van der Waals surface area contributed by atoms with Gasteiger partial charge in [-0.1, -0.05) is 30.3 Å². The maximum absolute atomic E-state index is 12.5. The van der Waals surface area contributed by atoms with Gasteiger partial charge < -0.3 is 25.6 Å². The molecule has 4 N–H and O–H groups in total. The molecule has 0 bridgehead atoms. The van der Waals surface area contributed by atoms with Crippen LogP contribution >= 0.6 is 0 Å². The first-order valence-corrected chi connectivity index (χ1v) is 9.48. The first kappa shape index (κ1) is 22.4. The zero-order chi connectivity index (χ0) is 21.4. The van der Waals surface area contributed by atoms with Gasteiger partial charge in [-0.25, -0.2) is 9.59 Å². The molecule has 158 valence electrons. The number of hydrogen-bond acceptors (Lipinski definition) is 6. The number of ketones is 1. The van der Waals surface area contributed by atoms with Crippen LogP contribution < -0.4 is 10.6 Å². The van der Waals surface area contributed by atoms with Crippen molar-refractivity contribution in [2.75, 3.05) is 0 Å². The summed E-state index contributed by atoms with van der Waals surface area (Å²) in [5.41, 5.74) is 0.744. The monoisotopic (exact) mass is 406 g/mol. The molecule has 1 aliphatic carbocycles. The number of carbonyl (C=O) groups is 4. The molecule has 0 spiro atoms. The number of ether oxygens (including phenoxy) is 1. The van der Waals surface area contributed by atoms with Gasteiger partial charge in [-0.05, 0) is 31.2 Å². The summed E-state index contributed by atoms with van der Waals surface area (Å²) in [6, 6.07) is 6.21. The summed E-state index contributed by atoms with van der Waals surface area (Å²) < 4.78 is 5.04. The zero-order valence-electron chi connectivity index (χ0n) is 16.2. The van der Waals surface area contributed by atoms with Gasteiger partial charge in [-0.15, -0.1) is 0 Å². The van der Waals surface area contributed by atoms with Crippen LogP contribution in [0.2, 0.25) is 0 Å². The van der Waals surface area contributed by atoms with Crippen molar-refractivity contribution in [1.82, 2.24) is 10.6 Å². The lowest BCUT2D eigenvalue weighted by atomic mass is 9.83. The van der Waals surface area contributed by atoms with E-state index in [1.165, 1.54) is 6.92 Å². The second kappa shape index (κ2) is 10.6. The molecule has 1 aliphatic rings. The molecule has 1 aromatic carbocycles. The standard InChI is InChI=1S/C20H26N2O7/c1-12(23)16(22-20(28)29-11-13-6-3-2-4-7-13)18(25)21-17(19(26)27)14-8-5-9-15(24)10-14/h2-4,6-7,12,14,16-17,23H,5,8-11H2,1H3,(H,21,25)(H,22,28)(H,26,27)/t12-,14-,16+,17+/m1/s1. The van der Waals surface area contributed by atoms with Crippen molar-refractivity contribution in [3.05, 3.63) is 35.9 Å². The SMILES string of the molecule is C[C@@H](O)[C@H](NC(=O)OCc1ccccc1)C(=O)N[C@H](C(=O)O)[C@@H]1CCCC(=O)C1. The highest BCUT2D eigenvalue weighted by molar-refractivity contribution is 5.90. The summed E-state index contributed by atoms with van der Waals surface area (Å²) in [5, 5.41) is 24.0. The number of nitrogens with one attached hydrogen (secondary N) is 2. The molecule has 0 heterocycles. The van der Waals surface area contributed by atoms with Crippen molar-refractivity contribution < 1.29 is 34.1 Å². The number of alkyl carbamates (subject to hydrolysis) is 1. The van der Waals surface area contributed by atoms with Crippen LogP contribution in [-0.2, 0) is 25.7 Å². The summed E-state index contributed by atoms with van der Waals surface area (Å²) in [6.07, 6.45) is -0.677. The lowest BCUT2D eigenvalue weighted by molar-refractivity contribution is -0.145. The van der Waals surface area contributed by atoms with Gasteiger partial charge in [-0.3, -0.25) is 9.59 Å². The van der Waals surface area contributed by atoms with E-state index in [-0.39, 0.29) is 18.8 Å². The van der Waals surface area contributed by atoms with Crippen LogP contribution in [0.1, 0.15) is 38.2 Å². The van der Waals surface area contributed by atoms with Gasteiger partial charge >= 0.3 is 12.1 Å². The predicted molar refractivity (Wildman–Crippen MR) is 102 cm³/mol. The average molecular weight is 406 g/mol. The van der Waals surface area contributed by atoms with Gasteiger partial charge in [0.25, 0.3) is 0 Å². The summed E-state index contributed by atoms with van der Waals surface area (Å²) in [6.45, 7) is 1.27. The molecule has 2 rings (SSSR count). The Morgan fingerprint density at radius 1 is 1.21 bits per heavy atom. The molecule has 29 heavy (non-hydrogen) atoms. The second-order valence-corrected chi connectivity index (χ2v) is 7.14. The molecule has 0 unspecified atom stereocenters. The lowest BCUT2D eigenvalue weighted by Crippen LogP contribution is -2.57. The first-order valence-electron chi connectivity index (χ1n) is 9.48. The van der Waals surface area contributed by atoms with Crippen LogP contribution in [0, 0.1) is 5.92 Å². The van der Waals surface area contributed by atoms with E-state index in [4.69, 9.17) is 4.74 Å². The Kier molecular flexibility index (Phi) is 8.14. The molecular weight excluding hydrogens is 380 g/mol. The summed E-state index contributed by atoms with van der Waals surface area (Å²) >= 11 is 0. The average Bonchev–Trinajstić information content (AvgIpc) is 2.68. The quantitative estimate of drug-likeness (QED) is 0.504. The highest BCUT2D eigenvalue weighted by Crippen LogP contribution is 2.24. The van der Waals surface area contributed by atoms with Gasteiger partial charge in [0, 0.05) is 12.8 Å². The molecule has 1 fully saturated rings. The topological polar surface area (TPSA) is 142 Å². The third kappa shape index (κ3) is 6.86. The number of hydrogen-bond donors (Lipinski definition) is 4. The Balaban J connectivity index is 1.96. The van der Waals surface area contributed by atoms with Crippen molar-refractivity contribution in [3.63, 3.8) is 0 Å². The number of carboxylic acid groups (broad SMARTS) is 1. The fourth-order valence-electron chi connectivity index (χ4n) is 3.26. The van der Waals surface area contributed by atoms with E-state index in [2.05, 4.69) is 10.6 Å². The van der Waals surface area contributed by atoms with Crippen LogP contribution in [0.25, 0.3) is 0 Å². The third-order valence-corrected chi connectivity index (χ3v) is 4.81. The number of carbonyl (C=O) groups excluding carboxylic acids is 3. The lowest BCUT2D eigenvalue weighted by Gasteiger charge is -2.29. The maximum Gasteiger partial charge on any atom is 0.408 e. The number of benzene rings is 1. The normalized spacial score (nSPS) is 19.5. The number of aliphatic hydroxyl groups excluding tert-OH is 1. The van der Waals surface area contributed by atoms with Crippen LogP contribution in [0.4, 0.5) is 4.79 Å². The minimum Gasteiger partial charge on any atom is -0.480 e. The summed E-state index contributed by atoms with van der Waals surface area (Å²) in [4.78, 5) is 47.8. The van der Waals surface area contributed by atoms with E-state index in [9.17, 15) is 29.4 Å². The molecule has 1 saturated carbocycles. The Morgan fingerprint density at radius 3 is 2.48 bits per heavy atom. The van der Waals surface area contributed by atoms with Gasteiger partial charge in [0.1, 0.15) is 24.5 Å². The molecule has 0 aromatic heterocycles. The minimum atomic E-state index is -1.40. The van der Waals surface area contributed by atoms with Crippen molar-refractivity contribution in [1.29, 1.82) is 0 Å². The smallest absolute Gasteiger partial charge is 0.408 e. The molecule has 1 aromatic rings. The largest absolute Gasteiger partial charge is 0.480 e. The van der Waals surface area contributed by atoms with Gasteiger partial charge in [0.2, 0.25) is 5.91 Å². The Labute approximate surface area is 168 Å². The molecular formula is C20H26N2O7. The van der Waals surface area contributed by atoms with Crippen molar-refractivity contribution >= 4 is 23.8 Å². The fraction of sp³-hybridized carbons (Fsp3) is 0.500. The zero-order valence-corrected chi connectivity index (χ0v) is 16.2. The summed E-state index contributed by atoms with van der Waals surface area (Å²) in [7, 11) is 0. The van der Waals surface area contributed by atoms with Crippen LogP contribution in [-0.4, -0.2) is 52.2 Å². The molecule has 0 aliphatic heterocycles. The van der Waals surface area contributed by atoms with E-state index in [1.54, 1.807) is 24.3 Å². The number of carboxylic acids is 1. The van der Waals surface area contributed by atoms with Gasteiger partial charge in [-0.2, -0.15) is 0 Å². The van der Waals surface area contributed by atoms with Crippen molar-refractivity contribution in [2.24, 2.45) is 5.92 Å². The number of rotatable bonds is 8. The van der Waals surface area contributed by atoms with E-state index in [0.717, 1.165) is 5.56 Å². The van der Waals surface area contributed by atoms with Crippen LogP contribution in [0.5, 0.6) is 0 Å². The van der Waals surface area contributed by atoms with Gasteiger partial charge in [0.05, 0.1) is 6.10 Å². The number of amides is 2. The van der Waals surface area contributed by atoms with E-state index < -0.39 is 42.1 Å². The highest BCUT2D eigenvalue weighted by Gasteiger charge is 2.36. The third-order valence-electron chi connectivity index (χ3n) is 4.81. The maximum atomic E-state index is 12.5. The molecule has 9 heteroatoms. The molecule has 4 atom stereocenters. The molecule has 9 nitrogen and oxygen atoms in total. The number of aliphatic carboxylic acids is 1. The molecule has 0 saturated heterocycles. The molecule has 2 amide bonds. The van der Waals surface area contributed by atoms with Crippen molar-refractivity contribution in [2.45, 2.75) is 57.4 Å².